The second kappa shape index (κ2) is 3.76. The first kappa shape index (κ1) is 11.1. The number of carbonyl (C=O) groups is 1. The zero-order valence-corrected chi connectivity index (χ0v) is 9.90. The van der Waals surface area contributed by atoms with E-state index in [1.807, 2.05) is 0 Å². The van der Waals surface area contributed by atoms with Crippen LogP contribution in [0, 0.1) is 5.82 Å². The first-order valence-corrected chi connectivity index (χ1v) is 5.86. The van der Waals surface area contributed by atoms with Gasteiger partial charge in [0.25, 0.3) is 5.91 Å². The highest BCUT2D eigenvalue weighted by Crippen LogP contribution is 2.27. The summed E-state index contributed by atoms with van der Waals surface area (Å²) in [6, 6.07) is 1.61. The second-order valence-electron chi connectivity index (χ2n) is 4.80. The Morgan fingerprint density at radius 3 is 2.94 bits per heavy atom. The van der Waals surface area contributed by atoms with E-state index in [9.17, 15) is 9.18 Å². The number of amides is 1. The van der Waals surface area contributed by atoms with E-state index in [-0.39, 0.29) is 5.91 Å². The van der Waals surface area contributed by atoms with Crippen molar-refractivity contribution in [1.29, 1.82) is 0 Å². The molecule has 2 N–H and O–H groups in total. The molecule has 0 aromatic carbocycles. The number of nitrogens with zero attached hydrogens (tertiary/aromatic N) is 2. The monoisotopic (exact) mass is 248 g/mol. The molecule has 2 aliphatic rings. The van der Waals surface area contributed by atoms with E-state index in [1.165, 1.54) is 12.3 Å². The molecule has 1 aromatic rings. The van der Waals surface area contributed by atoms with E-state index < -0.39 is 11.4 Å². The Morgan fingerprint density at radius 2 is 2.28 bits per heavy atom. The molecule has 0 spiro atoms. The topological polar surface area (TPSA) is 66.4 Å². The fraction of sp³-hybridized carbons (Fsp3) is 0.417. The molecule has 1 aliphatic carbocycles. The summed E-state index contributed by atoms with van der Waals surface area (Å²) in [7, 11) is 0. The van der Waals surface area contributed by atoms with E-state index in [0.29, 0.717) is 17.6 Å². The van der Waals surface area contributed by atoms with Gasteiger partial charge in [0.1, 0.15) is 11.4 Å². The van der Waals surface area contributed by atoms with Gasteiger partial charge in [-0.1, -0.05) is 0 Å². The molecule has 0 bridgehead atoms. The van der Waals surface area contributed by atoms with Crippen LogP contribution in [0.2, 0.25) is 0 Å². The summed E-state index contributed by atoms with van der Waals surface area (Å²) in [6.45, 7) is 1.69. The van der Waals surface area contributed by atoms with Gasteiger partial charge >= 0.3 is 0 Å². The van der Waals surface area contributed by atoms with Gasteiger partial charge < -0.3 is 5.32 Å². The van der Waals surface area contributed by atoms with Crippen LogP contribution < -0.4 is 10.6 Å². The molecule has 94 valence electrons. The molecule has 2 fully saturated rings. The Balaban J connectivity index is 1.92. The van der Waals surface area contributed by atoms with E-state index in [0.717, 1.165) is 19.0 Å². The number of guanidine groups is 1. The summed E-state index contributed by atoms with van der Waals surface area (Å²) >= 11 is 0. The Bertz CT molecular complexity index is 541. The van der Waals surface area contributed by atoms with Crippen molar-refractivity contribution in [2.24, 2.45) is 4.99 Å². The van der Waals surface area contributed by atoms with Crippen molar-refractivity contribution in [3.05, 3.63) is 29.8 Å². The highest BCUT2D eigenvalue weighted by molar-refractivity contribution is 6.09. The lowest BCUT2D eigenvalue weighted by Gasteiger charge is -2.20. The molecule has 1 saturated heterocycles. The highest BCUT2D eigenvalue weighted by Gasteiger charge is 2.43. The number of hydrogen-bond acceptors (Lipinski definition) is 3. The van der Waals surface area contributed by atoms with E-state index in [1.54, 1.807) is 6.92 Å². The molecule has 2 heterocycles. The predicted molar refractivity (Wildman–Crippen MR) is 63.3 cm³/mol. The fourth-order valence-electron chi connectivity index (χ4n) is 1.90. The summed E-state index contributed by atoms with van der Waals surface area (Å²) in [5.74, 6) is -0.237. The molecule has 5 nitrogen and oxygen atoms in total. The highest BCUT2D eigenvalue weighted by atomic mass is 19.1. The number of rotatable bonds is 2. The number of hydrogen-bond donors (Lipinski definition) is 2. The van der Waals surface area contributed by atoms with E-state index in [4.69, 9.17) is 0 Å². The van der Waals surface area contributed by atoms with Gasteiger partial charge in [0, 0.05) is 11.8 Å². The van der Waals surface area contributed by atoms with Crippen LogP contribution in [-0.2, 0) is 10.3 Å². The maximum absolute atomic E-state index is 13.2. The summed E-state index contributed by atoms with van der Waals surface area (Å²) in [5.41, 5.74) is -0.524. The average molecular weight is 248 g/mol. The lowest BCUT2D eigenvalue weighted by molar-refractivity contribution is -0.123. The molecule has 1 saturated carbocycles. The van der Waals surface area contributed by atoms with Crippen molar-refractivity contribution in [2.45, 2.75) is 31.3 Å². The van der Waals surface area contributed by atoms with Gasteiger partial charge in [-0.3, -0.25) is 15.1 Å². The van der Waals surface area contributed by atoms with Crippen molar-refractivity contribution in [3.8, 4) is 0 Å². The molecule has 1 atom stereocenters. The first-order chi connectivity index (χ1) is 8.58. The van der Waals surface area contributed by atoms with Crippen LogP contribution in [0.1, 0.15) is 25.3 Å². The number of halogens is 1. The Hall–Kier alpha value is -1.98. The zero-order chi connectivity index (χ0) is 12.8. The number of pyridine rings is 1. The second-order valence-corrected chi connectivity index (χ2v) is 4.80. The van der Waals surface area contributed by atoms with Crippen molar-refractivity contribution in [2.75, 3.05) is 0 Å². The van der Waals surface area contributed by atoms with Crippen LogP contribution >= 0.6 is 0 Å². The SMILES string of the molecule is CC1(c2cncc(F)c2)NC(=NC2CC2)NC1=O. The first-order valence-electron chi connectivity index (χ1n) is 5.86. The van der Waals surface area contributed by atoms with Crippen molar-refractivity contribution >= 4 is 11.9 Å². The third-order valence-electron chi connectivity index (χ3n) is 3.20. The van der Waals surface area contributed by atoms with Crippen LogP contribution in [0.25, 0.3) is 0 Å². The largest absolute Gasteiger partial charge is 0.338 e. The normalized spacial score (nSPS) is 29.2. The predicted octanol–water partition coefficient (Wildman–Crippen LogP) is 0.674. The van der Waals surface area contributed by atoms with Gasteiger partial charge in [0.2, 0.25) is 0 Å². The number of nitrogens with one attached hydrogen (secondary N) is 2. The molecular weight excluding hydrogens is 235 g/mol. The zero-order valence-electron chi connectivity index (χ0n) is 9.90. The van der Waals surface area contributed by atoms with Gasteiger partial charge in [0.05, 0.1) is 12.2 Å². The summed E-state index contributed by atoms with van der Waals surface area (Å²) in [5, 5.41) is 5.70. The van der Waals surface area contributed by atoms with Gasteiger partial charge in [-0.05, 0) is 25.8 Å². The molecular formula is C12H13FN4O. The quantitative estimate of drug-likeness (QED) is 0.808. The maximum Gasteiger partial charge on any atom is 0.256 e. The molecule has 18 heavy (non-hydrogen) atoms. The van der Waals surface area contributed by atoms with Crippen molar-refractivity contribution in [3.63, 3.8) is 0 Å². The lowest BCUT2D eigenvalue weighted by Crippen LogP contribution is -2.40. The molecule has 1 unspecified atom stereocenters. The smallest absolute Gasteiger partial charge is 0.256 e. The lowest BCUT2D eigenvalue weighted by atomic mass is 9.94. The third kappa shape index (κ3) is 1.83. The Labute approximate surface area is 104 Å². The number of carbonyl (C=O) groups excluding carboxylic acids is 1. The van der Waals surface area contributed by atoms with E-state index >= 15 is 0 Å². The van der Waals surface area contributed by atoms with Crippen LogP contribution in [0.3, 0.4) is 0 Å². The Kier molecular flexibility index (Phi) is 2.33. The van der Waals surface area contributed by atoms with Crippen molar-refractivity contribution in [1.82, 2.24) is 15.6 Å². The standard InChI is InChI=1S/C12H13FN4O/c1-12(7-4-8(13)6-14-5-7)10(18)16-11(17-12)15-9-2-3-9/h4-6,9H,2-3H2,1H3,(H2,15,16,17,18). The molecule has 3 rings (SSSR count). The summed E-state index contributed by atoms with van der Waals surface area (Å²) in [4.78, 5) is 20.1. The minimum absolute atomic E-state index is 0.241. The maximum atomic E-state index is 13.2. The van der Waals surface area contributed by atoms with Crippen molar-refractivity contribution < 1.29 is 9.18 Å². The van der Waals surface area contributed by atoms with Gasteiger partial charge in [-0.2, -0.15) is 0 Å². The number of aliphatic imine (C=N–C) groups is 1. The molecule has 6 heteroatoms. The minimum Gasteiger partial charge on any atom is -0.338 e. The molecule has 1 aromatic heterocycles. The molecule has 1 amide bonds. The third-order valence-corrected chi connectivity index (χ3v) is 3.20. The average Bonchev–Trinajstić information content (AvgIpc) is 3.07. The number of aromatic nitrogens is 1. The van der Waals surface area contributed by atoms with Crippen LogP contribution in [-0.4, -0.2) is 22.9 Å². The van der Waals surface area contributed by atoms with Gasteiger partial charge in [-0.25, -0.2) is 9.38 Å². The molecule has 0 radical (unpaired) electrons. The summed E-state index contributed by atoms with van der Waals surface area (Å²) < 4.78 is 13.2. The van der Waals surface area contributed by atoms with Gasteiger partial charge in [-0.15, -0.1) is 0 Å². The molecule has 1 aliphatic heterocycles. The van der Waals surface area contributed by atoms with Crippen LogP contribution in [0.15, 0.2) is 23.5 Å². The Morgan fingerprint density at radius 1 is 1.50 bits per heavy atom. The summed E-state index contributed by atoms with van der Waals surface area (Å²) in [6.07, 6.45) is 4.70. The van der Waals surface area contributed by atoms with E-state index in [2.05, 4.69) is 20.6 Å². The minimum atomic E-state index is -1.01. The van der Waals surface area contributed by atoms with Crippen LogP contribution in [0.5, 0.6) is 0 Å². The van der Waals surface area contributed by atoms with Gasteiger partial charge in [0.15, 0.2) is 5.96 Å². The van der Waals surface area contributed by atoms with Crippen LogP contribution in [0.4, 0.5) is 4.39 Å². The fourth-order valence-corrected chi connectivity index (χ4v) is 1.90.